The van der Waals surface area contributed by atoms with E-state index < -0.39 is 23.2 Å². The van der Waals surface area contributed by atoms with Gasteiger partial charge < -0.3 is 10.2 Å². The van der Waals surface area contributed by atoms with Gasteiger partial charge in [0.05, 0.1) is 17.2 Å². The topological polar surface area (TPSA) is 88.0 Å². The summed E-state index contributed by atoms with van der Waals surface area (Å²) in [5.74, 6) is -1.37. The summed E-state index contributed by atoms with van der Waals surface area (Å²) in [6, 6.07) is 8.13. The Morgan fingerprint density at radius 1 is 0.955 bits per heavy atom. The first-order valence-electron chi connectivity index (χ1n) is 5.86. The van der Waals surface area contributed by atoms with E-state index in [0.717, 1.165) is 30.3 Å². The summed E-state index contributed by atoms with van der Waals surface area (Å²) < 4.78 is 37.7. The van der Waals surface area contributed by atoms with Gasteiger partial charge >= 0.3 is 6.18 Å². The molecule has 0 radical (unpaired) electrons. The summed E-state index contributed by atoms with van der Waals surface area (Å²) in [5.41, 5.74) is -1.27. The van der Waals surface area contributed by atoms with Crippen molar-refractivity contribution >= 4 is 0 Å². The molecule has 0 bridgehead atoms. The predicted octanol–water partition coefficient (Wildman–Crippen LogP) is 3.53. The van der Waals surface area contributed by atoms with E-state index in [2.05, 4.69) is 0 Å². The Labute approximate surface area is 122 Å². The van der Waals surface area contributed by atoms with Gasteiger partial charge in [0.2, 0.25) is 0 Å². The fraction of sp³-hybridized carbons (Fsp3) is 0.0667. The van der Waals surface area contributed by atoms with Crippen molar-refractivity contribution in [3.05, 3.63) is 47.0 Å². The average molecular weight is 304 g/mol. The van der Waals surface area contributed by atoms with Crippen LogP contribution >= 0.6 is 0 Å². The summed E-state index contributed by atoms with van der Waals surface area (Å²) in [6.45, 7) is 0. The number of nitriles is 2. The van der Waals surface area contributed by atoms with E-state index in [-0.39, 0.29) is 22.3 Å². The molecule has 0 aromatic heterocycles. The molecule has 4 nitrogen and oxygen atoms in total. The SMILES string of the molecule is N#Cc1cc(O)c(O)c(C#N)c1-c1ccc(C(F)(F)F)cc1. The highest BCUT2D eigenvalue weighted by Crippen LogP contribution is 2.39. The number of halogens is 3. The first-order chi connectivity index (χ1) is 10.3. The molecule has 22 heavy (non-hydrogen) atoms. The highest BCUT2D eigenvalue weighted by atomic mass is 19.4. The summed E-state index contributed by atoms with van der Waals surface area (Å²) in [5, 5.41) is 37.3. The van der Waals surface area contributed by atoms with Crippen LogP contribution in [-0.4, -0.2) is 10.2 Å². The van der Waals surface area contributed by atoms with Crippen molar-refractivity contribution in [1.82, 2.24) is 0 Å². The van der Waals surface area contributed by atoms with E-state index in [9.17, 15) is 23.4 Å². The van der Waals surface area contributed by atoms with Gasteiger partial charge in [0, 0.05) is 11.6 Å². The first kappa shape index (κ1) is 15.2. The van der Waals surface area contributed by atoms with Crippen LogP contribution in [0.3, 0.4) is 0 Å². The quantitative estimate of drug-likeness (QED) is 0.789. The Balaban J connectivity index is 2.70. The summed E-state index contributed by atoms with van der Waals surface area (Å²) in [7, 11) is 0. The van der Waals surface area contributed by atoms with Gasteiger partial charge in [-0.25, -0.2) is 0 Å². The maximum absolute atomic E-state index is 12.6. The average Bonchev–Trinajstić information content (AvgIpc) is 2.48. The van der Waals surface area contributed by atoms with Crippen molar-refractivity contribution in [2.75, 3.05) is 0 Å². The second-order valence-electron chi connectivity index (χ2n) is 4.34. The molecule has 2 rings (SSSR count). The van der Waals surface area contributed by atoms with Gasteiger partial charge in [-0.05, 0) is 17.7 Å². The lowest BCUT2D eigenvalue weighted by Crippen LogP contribution is -2.04. The van der Waals surface area contributed by atoms with Crippen molar-refractivity contribution < 1.29 is 23.4 Å². The number of alkyl halides is 3. The van der Waals surface area contributed by atoms with Gasteiger partial charge in [0.15, 0.2) is 11.5 Å². The van der Waals surface area contributed by atoms with Crippen LogP contribution in [-0.2, 0) is 6.18 Å². The van der Waals surface area contributed by atoms with Gasteiger partial charge in [-0.15, -0.1) is 0 Å². The van der Waals surface area contributed by atoms with E-state index in [1.54, 1.807) is 12.1 Å². The lowest BCUT2D eigenvalue weighted by molar-refractivity contribution is -0.137. The zero-order valence-corrected chi connectivity index (χ0v) is 10.8. The number of benzene rings is 2. The molecular weight excluding hydrogens is 297 g/mol. The summed E-state index contributed by atoms with van der Waals surface area (Å²) in [4.78, 5) is 0. The van der Waals surface area contributed by atoms with E-state index in [0.29, 0.717) is 0 Å². The number of nitrogens with zero attached hydrogens (tertiary/aromatic N) is 2. The molecule has 0 unspecified atom stereocenters. The first-order valence-corrected chi connectivity index (χ1v) is 5.86. The minimum Gasteiger partial charge on any atom is -0.504 e. The number of rotatable bonds is 1. The van der Waals surface area contributed by atoms with Crippen molar-refractivity contribution in [3.63, 3.8) is 0 Å². The molecule has 0 aliphatic rings. The second kappa shape index (κ2) is 5.30. The number of phenolic OH excluding ortho intramolecular Hbond substituents is 2. The van der Waals surface area contributed by atoms with Crippen LogP contribution in [0.2, 0.25) is 0 Å². The third-order valence-corrected chi connectivity index (χ3v) is 3.01. The predicted molar refractivity (Wildman–Crippen MR) is 69.6 cm³/mol. The number of phenols is 2. The number of hydrogen-bond donors (Lipinski definition) is 2. The van der Waals surface area contributed by atoms with E-state index in [1.165, 1.54) is 0 Å². The third kappa shape index (κ3) is 2.52. The monoisotopic (exact) mass is 304 g/mol. The molecule has 0 heterocycles. The van der Waals surface area contributed by atoms with Gasteiger partial charge in [0.1, 0.15) is 11.6 Å². The molecule has 0 amide bonds. The molecular formula is C15H7F3N2O2. The lowest BCUT2D eigenvalue weighted by atomic mass is 9.93. The zero-order chi connectivity index (χ0) is 16.5. The molecule has 0 saturated carbocycles. The minimum atomic E-state index is -4.51. The molecule has 0 aliphatic carbocycles. The summed E-state index contributed by atoms with van der Waals surface area (Å²) in [6.07, 6.45) is -4.51. The van der Waals surface area contributed by atoms with Gasteiger partial charge in [-0.2, -0.15) is 23.7 Å². The largest absolute Gasteiger partial charge is 0.504 e. The van der Waals surface area contributed by atoms with Gasteiger partial charge in [-0.3, -0.25) is 0 Å². The van der Waals surface area contributed by atoms with E-state index >= 15 is 0 Å². The molecule has 0 atom stereocenters. The second-order valence-corrected chi connectivity index (χ2v) is 4.34. The van der Waals surface area contributed by atoms with Crippen molar-refractivity contribution in [3.8, 4) is 34.8 Å². The summed E-state index contributed by atoms with van der Waals surface area (Å²) >= 11 is 0. The maximum Gasteiger partial charge on any atom is 0.416 e. The molecule has 0 saturated heterocycles. The molecule has 110 valence electrons. The van der Waals surface area contributed by atoms with Crippen LogP contribution in [0.5, 0.6) is 11.5 Å². The maximum atomic E-state index is 12.6. The number of aromatic hydroxyl groups is 2. The van der Waals surface area contributed by atoms with Gasteiger partial charge in [-0.1, -0.05) is 12.1 Å². The highest BCUT2D eigenvalue weighted by Gasteiger charge is 2.30. The Hall–Kier alpha value is -3.19. The standard InChI is InChI=1S/C15H7F3N2O2/c16-15(17,18)10-3-1-8(2-4-10)13-9(6-19)5-12(21)14(22)11(13)7-20/h1-5,21-22H. The molecule has 2 N–H and O–H groups in total. The fourth-order valence-electron chi connectivity index (χ4n) is 1.98. The Kier molecular flexibility index (Phi) is 3.66. The smallest absolute Gasteiger partial charge is 0.416 e. The van der Waals surface area contributed by atoms with Crippen molar-refractivity contribution in [2.24, 2.45) is 0 Å². The Morgan fingerprint density at radius 2 is 1.55 bits per heavy atom. The normalized spacial score (nSPS) is 10.8. The fourth-order valence-corrected chi connectivity index (χ4v) is 1.98. The van der Waals surface area contributed by atoms with E-state index in [1.807, 2.05) is 0 Å². The molecule has 2 aromatic rings. The molecule has 2 aromatic carbocycles. The molecule has 0 fully saturated rings. The Morgan fingerprint density at radius 3 is 2.00 bits per heavy atom. The lowest BCUT2D eigenvalue weighted by Gasteiger charge is -2.11. The highest BCUT2D eigenvalue weighted by molar-refractivity contribution is 5.81. The minimum absolute atomic E-state index is 0.0333. The van der Waals surface area contributed by atoms with Crippen LogP contribution in [0, 0.1) is 22.7 Å². The van der Waals surface area contributed by atoms with Crippen LogP contribution < -0.4 is 0 Å². The van der Waals surface area contributed by atoms with Crippen molar-refractivity contribution in [2.45, 2.75) is 6.18 Å². The van der Waals surface area contributed by atoms with Crippen LogP contribution in [0.25, 0.3) is 11.1 Å². The van der Waals surface area contributed by atoms with Crippen molar-refractivity contribution in [1.29, 1.82) is 10.5 Å². The number of hydrogen-bond acceptors (Lipinski definition) is 4. The van der Waals surface area contributed by atoms with Crippen LogP contribution in [0.4, 0.5) is 13.2 Å². The molecule has 0 spiro atoms. The third-order valence-electron chi connectivity index (χ3n) is 3.01. The van der Waals surface area contributed by atoms with Crippen LogP contribution in [0.1, 0.15) is 16.7 Å². The van der Waals surface area contributed by atoms with Gasteiger partial charge in [0.25, 0.3) is 0 Å². The molecule has 0 aliphatic heterocycles. The zero-order valence-electron chi connectivity index (χ0n) is 10.8. The molecule has 7 heteroatoms. The Bertz CT molecular complexity index is 813. The van der Waals surface area contributed by atoms with E-state index in [4.69, 9.17) is 10.5 Å². The van der Waals surface area contributed by atoms with Crippen LogP contribution in [0.15, 0.2) is 30.3 Å².